The third kappa shape index (κ3) is 14.1. The Hall–Kier alpha value is 4.50. The van der Waals surface area contributed by atoms with Crippen molar-refractivity contribution in [3.63, 3.8) is 0 Å². The van der Waals surface area contributed by atoms with E-state index in [2.05, 4.69) is 244 Å². The summed E-state index contributed by atoms with van der Waals surface area (Å²) in [5.74, 6) is 4.39. The van der Waals surface area contributed by atoms with Gasteiger partial charge in [0.25, 0.3) is 0 Å². The van der Waals surface area contributed by atoms with E-state index in [0.717, 1.165) is 38.5 Å². The standard InChI is InChI=1S/2C32H51Br5N8O3S.Cu/c2*33-16-10-9-15-17(20(16)34)30-43-29(15)41-27-12-6-2-1-5-11(12)25(39-27)38-26-13-7-3-4-8-14(13)28(40-26)42-32-19-18(31(44-30)45-32)21(35)22(36)23(37)24(19)49(46,47)48;/h2*11-32,38-45H,1-10H2,(H,46,47,48);/q;;+2/p-2. The first-order chi connectivity index (χ1) is 47.0. The summed E-state index contributed by atoms with van der Waals surface area (Å²) in [5.41, 5.74) is 0. The number of hydrogen-bond acceptors (Lipinski definition) is 22. The zero-order valence-corrected chi connectivity index (χ0v) is 73.3. The van der Waals surface area contributed by atoms with Gasteiger partial charge in [0.2, 0.25) is 0 Å². The molecule has 0 aromatic carbocycles. The van der Waals surface area contributed by atoms with E-state index in [1.165, 1.54) is 89.9 Å². The van der Waals surface area contributed by atoms with Crippen molar-refractivity contribution in [2.75, 3.05) is 0 Å². The second-order valence-electron chi connectivity index (χ2n) is 33.2. The largest absolute Gasteiger partial charge is 2.00 e. The predicted molar refractivity (Wildman–Crippen MR) is 413 cm³/mol. The minimum atomic E-state index is -4.64. The van der Waals surface area contributed by atoms with Gasteiger partial charge in [-0.3, -0.25) is 85.1 Å². The normalized spacial score (nSPS) is 58.1. The molecule has 35 heteroatoms. The summed E-state index contributed by atoms with van der Waals surface area (Å²) >= 11 is 39.4. The number of rotatable bonds is 2. The van der Waals surface area contributed by atoms with E-state index in [1.54, 1.807) is 0 Å². The van der Waals surface area contributed by atoms with Crippen LogP contribution in [0.2, 0.25) is 0 Å². The first kappa shape index (κ1) is 77.4. The molecular formula is C64H100Br10CuN16O6S2. The Balaban J connectivity index is 0.000000153. The maximum absolute atomic E-state index is 13.2. The van der Waals surface area contributed by atoms with Crippen LogP contribution in [0, 0.1) is 94.7 Å². The summed E-state index contributed by atoms with van der Waals surface area (Å²) in [6, 6.07) is 0. The van der Waals surface area contributed by atoms with Crippen LogP contribution >= 0.6 is 159 Å². The first-order valence-corrected chi connectivity index (χ1v) is 49.6. The van der Waals surface area contributed by atoms with Crippen LogP contribution in [0.5, 0.6) is 0 Å². The minimum Gasteiger partial charge on any atom is -0.748 e. The molecule has 44 atom stereocenters. The summed E-state index contributed by atoms with van der Waals surface area (Å²) in [6.45, 7) is 0. The molecule has 8 saturated carbocycles. The number of nitrogens with one attached hydrogen (secondary N) is 16. The zero-order chi connectivity index (χ0) is 67.9. The summed E-state index contributed by atoms with van der Waals surface area (Å²) in [6.07, 6.45) is 24.4. The van der Waals surface area contributed by atoms with Crippen molar-refractivity contribution in [3.05, 3.63) is 0 Å². The second kappa shape index (κ2) is 31.0. The Kier molecular flexibility index (Phi) is 24.3. The molecule has 10 aliphatic heterocycles. The number of alkyl halides is 10. The van der Waals surface area contributed by atoms with E-state index < -0.39 is 52.2 Å². The van der Waals surface area contributed by atoms with Crippen LogP contribution in [0.4, 0.5) is 0 Å². The van der Waals surface area contributed by atoms with Crippen molar-refractivity contribution in [2.45, 2.75) is 286 Å². The van der Waals surface area contributed by atoms with Crippen LogP contribution in [0.1, 0.15) is 128 Å². The SMILES string of the molecule is O=S(=O)([O-])C1C(Br)C(Br)C(Br)C2C3NC4NC(NC5NC(NC6NC(NC(N3)C21)C1CCCCC61)C1CCCCC51)C1CCC(Br)C(Br)C41.O=S(=O)([O-])C1C(Br)C(Br)C(Br)C2C3NC4NC(NC5NC(NC6NC(NC(N3)C21)C1CCCCC61)C1CCCCC51)C1CCC(Br)C(Br)C41.[Cu+2]. The molecule has 0 amide bonds. The van der Waals surface area contributed by atoms with E-state index in [0.29, 0.717) is 80.7 Å². The smallest absolute Gasteiger partial charge is 0.748 e. The van der Waals surface area contributed by atoms with Gasteiger partial charge in [0.05, 0.1) is 129 Å². The van der Waals surface area contributed by atoms with Gasteiger partial charge in [-0.25, -0.2) is 16.8 Å². The molecule has 44 unspecified atom stereocenters. The van der Waals surface area contributed by atoms with Crippen molar-refractivity contribution in [1.82, 2.24) is 85.1 Å². The minimum absolute atomic E-state index is 0. The van der Waals surface area contributed by atoms with Gasteiger partial charge in [0.15, 0.2) is 0 Å². The van der Waals surface area contributed by atoms with E-state index in [9.17, 15) is 25.9 Å². The van der Waals surface area contributed by atoms with Crippen LogP contribution in [0.25, 0.3) is 0 Å². The summed E-state index contributed by atoms with van der Waals surface area (Å²) in [5, 5.41) is 62.5. The molecule has 10 heterocycles. The third-order valence-electron chi connectivity index (χ3n) is 28.7. The summed E-state index contributed by atoms with van der Waals surface area (Å²) in [7, 11) is -9.28. The van der Waals surface area contributed by atoms with E-state index in [4.69, 9.17) is 0 Å². The fraction of sp³-hybridized carbons (Fsp3) is 1.00. The topological polar surface area (TPSA) is 307 Å². The van der Waals surface area contributed by atoms with Crippen molar-refractivity contribution in [3.8, 4) is 0 Å². The Labute approximate surface area is 680 Å². The third-order valence-corrected chi connectivity index (χ3v) is 47.7. The van der Waals surface area contributed by atoms with Crippen molar-refractivity contribution < 1.29 is 43.0 Å². The number of halogens is 10. The fourth-order valence-corrected chi connectivity index (χ4v) is 37.6. The molecule has 0 spiro atoms. The van der Waals surface area contributed by atoms with E-state index in [-0.39, 0.29) is 157 Å². The molecule has 99 heavy (non-hydrogen) atoms. The maximum Gasteiger partial charge on any atom is 2.00 e. The second-order valence-corrected chi connectivity index (χ2v) is 47.1. The molecular weight excluding hydrogens is 2020 g/mol. The van der Waals surface area contributed by atoms with Crippen LogP contribution in [-0.4, -0.2) is 183 Å². The summed E-state index contributed by atoms with van der Waals surface area (Å²) < 4.78 is 79.0. The van der Waals surface area contributed by atoms with Crippen LogP contribution in [0.3, 0.4) is 0 Å². The molecule has 16 N–H and O–H groups in total. The monoisotopic (exact) mass is 2100 g/mol. The van der Waals surface area contributed by atoms with Crippen LogP contribution in [0.15, 0.2) is 0 Å². The van der Waals surface area contributed by atoms with Gasteiger partial charge in [0, 0.05) is 83.8 Å². The molecule has 22 nitrogen and oxygen atoms in total. The molecule has 8 aliphatic carbocycles. The number of fused-ring (bicyclic) bond motifs is 40. The molecule has 18 fully saturated rings. The molecule has 1 radical (unpaired) electrons. The quantitative estimate of drug-likeness (QED) is 0.0858. The van der Waals surface area contributed by atoms with Gasteiger partial charge in [-0.05, 0) is 136 Å². The van der Waals surface area contributed by atoms with Gasteiger partial charge < -0.3 is 9.11 Å². The van der Waals surface area contributed by atoms with Gasteiger partial charge in [-0.1, -0.05) is 211 Å². The molecule has 18 aliphatic rings. The van der Waals surface area contributed by atoms with Crippen LogP contribution in [-0.2, 0) is 37.3 Å². The van der Waals surface area contributed by atoms with Gasteiger partial charge in [-0.2, -0.15) is 0 Å². The fourth-order valence-electron chi connectivity index (χ4n) is 24.5. The van der Waals surface area contributed by atoms with E-state index in [1.807, 2.05) is 0 Å². The predicted octanol–water partition coefficient (Wildman–Crippen LogP) is 5.99. The van der Waals surface area contributed by atoms with Gasteiger partial charge in [0.1, 0.15) is 0 Å². The Morgan fingerprint density at radius 2 is 0.404 bits per heavy atom. The van der Waals surface area contributed by atoms with Gasteiger partial charge in [-0.15, -0.1) is 0 Å². The molecule has 0 aromatic heterocycles. The average molecular weight is 2120 g/mol. The molecule has 10 saturated heterocycles. The van der Waals surface area contributed by atoms with Gasteiger partial charge >= 0.3 is 17.1 Å². The van der Waals surface area contributed by atoms with Crippen molar-refractivity contribution in [2.24, 2.45) is 94.7 Å². The Morgan fingerprint density at radius 3 is 0.636 bits per heavy atom. The Morgan fingerprint density at radius 1 is 0.212 bits per heavy atom. The molecule has 18 rings (SSSR count). The number of hydrogen-bond donors (Lipinski definition) is 16. The average Bonchev–Trinajstić information content (AvgIpc) is 1.61. The van der Waals surface area contributed by atoms with Crippen LogP contribution < -0.4 is 85.1 Å². The zero-order valence-electron chi connectivity index (χ0n) is 54.9. The van der Waals surface area contributed by atoms with E-state index >= 15 is 0 Å². The van der Waals surface area contributed by atoms with Crippen molar-refractivity contribution in [1.29, 1.82) is 0 Å². The molecule has 16 bridgehead atoms. The Bertz CT molecular complexity index is 2930. The first-order valence-electron chi connectivity index (χ1n) is 37.5. The van der Waals surface area contributed by atoms with Crippen molar-refractivity contribution >= 4 is 180 Å². The molecule has 565 valence electrons. The molecule has 0 aromatic rings. The maximum atomic E-state index is 13.2. The summed E-state index contributed by atoms with van der Waals surface area (Å²) in [4.78, 5) is -0.408.